The average Bonchev–Trinajstić information content (AvgIpc) is 2.19. The van der Waals surface area contributed by atoms with Gasteiger partial charge in [0.2, 0.25) is 5.95 Å². The molecule has 62 valence electrons. The first kappa shape index (κ1) is 7.62. The summed E-state index contributed by atoms with van der Waals surface area (Å²) in [5, 5.41) is 16.2. The number of fused-ring (bicyclic) bond motifs is 1. The van der Waals surface area contributed by atoms with E-state index in [9.17, 15) is 4.39 Å². The summed E-state index contributed by atoms with van der Waals surface area (Å²) in [5.41, 5.74) is 0.150. The molecule has 0 saturated heterocycles. The van der Waals surface area contributed by atoms with E-state index < -0.39 is 5.95 Å². The zero-order valence-electron chi connectivity index (χ0n) is 6.53. The summed E-state index contributed by atoms with van der Waals surface area (Å²) in [6.45, 7) is 0. The molecule has 1 aromatic carbocycles. The molecule has 0 bridgehead atoms. The van der Waals surface area contributed by atoms with Gasteiger partial charge in [0.05, 0.1) is 0 Å². The van der Waals surface area contributed by atoms with E-state index in [4.69, 9.17) is 5.26 Å². The molecule has 1 heterocycles. The van der Waals surface area contributed by atoms with Crippen molar-refractivity contribution in [3.63, 3.8) is 0 Å². The molecule has 3 nitrogen and oxygen atoms in total. The summed E-state index contributed by atoms with van der Waals surface area (Å²) in [7, 11) is 0. The predicted octanol–water partition coefficient (Wildman–Crippen LogP) is 1.64. The molecular weight excluding hydrogens is 169 g/mol. The Hall–Kier alpha value is -2.02. The van der Waals surface area contributed by atoms with Crippen molar-refractivity contribution in [1.82, 2.24) is 10.2 Å². The third-order valence-corrected chi connectivity index (χ3v) is 1.75. The SMILES string of the molecule is N#Cc1nnc(F)c2ccccc12. The topological polar surface area (TPSA) is 49.6 Å². The Morgan fingerprint density at radius 1 is 1.15 bits per heavy atom. The van der Waals surface area contributed by atoms with E-state index >= 15 is 0 Å². The number of hydrogen-bond acceptors (Lipinski definition) is 3. The Morgan fingerprint density at radius 2 is 1.85 bits per heavy atom. The van der Waals surface area contributed by atoms with Crippen LogP contribution in [0.3, 0.4) is 0 Å². The predicted molar refractivity (Wildman–Crippen MR) is 44.2 cm³/mol. The van der Waals surface area contributed by atoms with E-state index in [0.717, 1.165) is 0 Å². The van der Waals surface area contributed by atoms with Crippen LogP contribution in [-0.4, -0.2) is 10.2 Å². The minimum absolute atomic E-state index is 0.150. The fraction of sp³-hybridized carbons (Fsp3) is 0. The van der Waals surface area contributed by atoms with Crippen molar-refractivity contribution in [3.8, 4) is 6.07 Å². The molecule has 4 heteroatoms. The van der Waals surface area contributed by atoms with Crippen LogP contribution >= 0.6 is 0 Å². The number of aromatic nitrogens is 2. The van der Waals surface area contributed by atoms with Crippen LogP contribution in [0.25, 0.3) is 10.8 Å². The molecule has 0 unspecified atom stereocenters. The lowest BCUT2D eigenvalue weighted by Gasteiger charge is -1.97. The maximum atomic E-state index is 13.0. The Labute approximate surface area is 73.4 Å². The molecular formula is C9H4FN3. The van der Waals surface area contributed by atoms with Gasteiger partial charge < -0.3 is 0 Å². The minimum atomic E-state index is -0.644. The Balaban J connectivity index is 2.95. The van der Waals surface area contributed by atoms with Gasteiger partial charge in [-0.2, -0.15) is 9.65 Å². The Morgan fingerprint density at radius 3 is 2.54 bits per heavy atom. The zero-order chi connectivity index (χ0) is 9.26. The van der Waals surface area contributed by atoms with Gasteiger partial charge in [0.15, 0.2) is 5.69 Å². The number of nitrogens with zero attached hydrogens (tertiary/aromatic N) is 3. The summed E-state index contributed by atoms with van der Waals surface area (Å²) in [5.74, 6) is -0.644. The van der Waals surface area contributed by atoms with Crippen LogP contribution < -0.4 is 0 Å². The quantitative estimate of drug-likeness (QED) is 0.608. The van der Waals surface area contributed by atoms with E-state index in [1.807, 2.05) is 6.07 Å². The molecule has 0 atom stereocenters. The van der Waals surface area contributed by atoms with Gasteiger partial charge in [-0.25, -0.2) is 0 Å². The number of nitriles is 1. The van der Waals surface area contributed by atoms with Gasteiger partial charge in [-0.1, -0.05) is 18.2 Å². The lowest BCUT2D eigenvalue weighted by atomic mass is 10.1. The molecule has 2 rings (SSSR count). The maximum Gasteiger partial charge on any atom is 0.241 e. The van der Waals surface area contributed by atoms with Gasteiger partial charge in [-0.05, 0) is 6.07 Å². The molecule has 0 aliphatic heterocycles. The molecule has 0 N–H and O–H groups in total. The number of benzene rings is 1. The molecule has 13 heavy (non-hydrogen) atoms. The molecule has 0 amide bonds. The first-order valence-corrected chi connectivity index (χ1v) is 3.64. The molecule has 2 aromatic rings. The largest absolute Gasteiger partial charge is 0.241 e. The van der Waals surface area contributed by atoms with Gasteiger partial charge in [-0.15, -0.1) is 10.2 Å². The second-order valence-electron chi connectivity index (χ2n) is 2.50. The second-order valence-corrected chi connectivity index (χ2v) is 2.50. The monoisotopic (exact) mass is 173 g/mol. The lowest BCUT2D eigenvalue weighted by molar-refractivity contribution is 0.576. The van der Waals surface area contributed by atoms with Crippen LogP contribution in [0.15, 0.2) is 24.3 Å². The van der Waals surface area contributed by atoms with Crippen LogP contribution in [0, 0.1) is 17.3 Å². The molecule has 0 radical (unpaired) electrons. The molecule has 1 aromatic heterocycles. The highest BCUT2D eigenvalue weighted by atomic mass is 19.1. The molecule has 0 saturated carbocycles. The normalized spacial score (nSPS) is 9.85. The van der Waals surface area contributed by atoms with Crippen LogP contribution in [-0.2, 0) is 0 Å². The first-order valence-electron chi connectivity index (χ1n) is 3.64. The summed E-state index contributed by atoms with van der Waals surface area (Å²) < 4.78 is 13.0. The second kappa shape index (κ2) is 2.79. The van der Waals surface area contributed by atoms with E-state index in [1.165, 1.54) is 0 Å². The maximum absolute atomic E-state index is 13.0. The third kappa shape index (κ3) is 1.11. The van der Waals surface area contributed by atoms with Crippen molar-refractivity contribution in [2.24, 2.45) is 0 Å². The summed E-state index contributed by atoms with van der Waals surface area (Å²) in [6.07, 6.45) is 0. The van der Waals surface area contributed by atoms with Crippen molar-refractivity contribution in [2.75, 3.05) is 0 Å². The smallest absolute Gasteiger partial charge is 0.191 e. The van der Waals surface area contributed by atoms with Crippen molar-refractivity contribution in [2.45, 2.75) is 0 Å². The van der Waals surface area contributed by atoms with Gasteiger partial charge >= 0.3 is 0 Å². The highest BCUT2D eigenvalue weighted by molar-refractivity contribution is 5.85. The Bertz CT molecular complexity index is 502. The number of rotatable bonds is 0. The number of halogens is 1. The van der Waals surface area contributed by atoms with E-state index in [1.54, 1.807) is 24.3 Å². The Kier molecular flexibility index (Phi) is 1.64. The van der Waals surface area contributed by atoms with Gasteiger partial charge in [-0.3, -0.25) is 0 Å². The minimum Gasteiger partial charge on any atom is -0.191 e. The lowest BCUT2D eigenvalue weighted by Crippen LogP contribution is -1.94. The zero-order valence-corrected chi connectivity index (χ0v) is 6.53. The van der Waals surface area contributed by atoms with Crippen LogP contribution in [0.5, 0.6) is 0 Å². The van der Waals surface area contributed by atoms with Gasteiger partial charge in [0, 0.05) is 10.8 Å². The third-order valence-electron chi connectivity index (χ3n) is 1.75. The summed E-state index contributed by atoms with van der Waals surface area (Å²) >= 11 is 0. The molecule has 0 spiro atoms. The first-order chi connectivity index (χ1) is 6.33. The van der Waals surface area contributed by atoms with E-state index in [0.29, 0.717) is 10.8 Å². The van der Waals surface area contributed by atoms with Gasteiger partial charge in [0.1, 0.15) is 6.07 Å². The van der Waals surface area contributed by atoms with Crippen molar-refractivity contribution >= 4 is 10.8 Å². The molecule has 0 aliphatic carbocycles. The standard InChI is InChI=1S/C9H4FN3/c10-9-7-4-2-1-3-6(7)8(5-11)12-13-9/h1-4H. The summed E-state index contributed by atoms with van der Waals surface area (Å²) in [6, 6.07) is 8.49. The highest BCUT2D eigenvalue weighted by Gasteiger charge is 2.06. The molecule has 0 aliphatic rings. The fourth-order valence-electron chi connectivity index (χ4n) is 1.15. The van der Waals surface area contributed by atoms with Gasteiger partial charge in [0.25, 0.3) is 0 Å². The van der Waals surface area contributed by atoms with Crippen LogP contribution in [0.1, 0.15) is 5.69 Å². The molecule has 0 fully saturated rings. The van der Waals surface area contributed by atoms with Crippen molar-refractivity contribution < 1.29 is 4.39 Å². The highest BCUT2D eigenvalue weighted by Crippen LogP contribution is 2.16. The number of hydrogen-bond donors (Lipinski definition) is 0. The van der Waals surface area contributed by atoms with Crippen LogP contribution in [0.4, 0.5) is 4.39 Å². The van der Waals surface area contributed by atoms with E-state index in [-0.39, 0.29) is 5.69 Å². The fourth-order valence-corrected chi connectivity index (χ4v) is 1.15. The van der Waals surface area contributed by atoms with Crippen molar-refractivity contribution in [1.29, 1.82) is 5.26 Å². The van der Waals surface area contributed by atoms with E-state index in [2.05, 4.69) is 10.2 Å². The summed E-state index contributed by atoms with van der Waals surface area (Å²) in [4.78, 5) is 0. The van der Waals surface area contributed by atoms with Crippen LogP contribution in [0.2, 0.25) is 0 Å². The average molecular weight is 173 g/mol. The van der Waals surface area contributed by atoms with Crippen molar-refractivity contribution in [3.05, 3.63) is 35.9 Å².